The van der Waals surface area contributed by atoms with Crippen LogP contribution < -0.4 is 0 Å². The Kier molecular flexibility index (Phi) is 8.97. The summed E-state index contributed by atoms with van der Waals surface area (Å²) in [6, 6.07) is 1.51. The average molecular weight is 727 g/mol. The molecule has 0 radical (unpaired) electrons. The first-order valence-corrected chi connectivity index (χ1v) is 22.8. The van der Waals surface area contributed by atoms with Crippen molar-refractivity contribution < 1.29 is 0 Å². The van der Waals surface area contributed by atoms with Gasteiger partial charge < -0.3 is 9.80 Å². The Balaban J connectivity index is 1.05. The summed E-state index contributed by atoms with van der Waals surface area (Å²) in [7, 11) is 0. The zero-order chi connectivity index (χ0) is 36.3. The Morgan fingerprint density at radius 3 is 2.24 bits per heavy atom. The number of hydrogen-bond acceptors (Lipinski definition) is 2. The summed E-state index contributed by atoms with van der Waals surface area (Å²) >= 11 is 0. The minimum absolute atomic E-state index is 0.178. The lowest BCUT2D eigenvalue weighted by Gasteiger charge is -2.50. The van der Waals surface area contributed by atoms with Crippen LogP contribution in [0.3, 0.4) is 0 Å². The standard InChI is InChI=1S/C53H62N2/c1-4-20-38(21-5-1)54(39-22-6-2-7-23-39)51-33-17-31-48-52(51)45-28-13-15-30-47(45)53(48)46-29-14-12-27-43(46)44-35-34-41(36-49(44)53)55(40-24-8-3-9-25-40)50-32-16-19-37-18-10-11-26-42(37)50/h1-2,4-6,12-16,19-20,24,27-30,33-36,38-39,43-50,52H,3,7-11,17-18,21-23,25-26,31-32H2. The molecule has 0 aromatic heterocycles. The van der Waals surface area contributed by atoms with Crippen molar-refractivity contribution in [3.8, 4) is 0 Å². The summed E-state index contributed by atoms with van der Waals surface area (Å²) in [5, 5.41) is 0. The molecule has 0 amide bonds. The number of nitrogens with zero attached hydrogens (tertiary/aromatic N) is 2. The molecule has 0 aliphatic heterocycles. The SMILES string of the molecule is C1=CCC(N(C2=CCCC3C2C2C=CC=CC2C32C3C=CC=CC3C3C=CC(N(C4=CCCCC4)C4CC=CC5=C4CCCC5)=CC32)C2CC=CCC2)C=C1. The summed E-state index contributed by atoms with van der Waals surface area (Å²) in [4.78, 5) is 5.92. The predicted molar refractivity (Wildman–Crippen MR) is 228 cm³/mol. The van der Waals surface area contributed by atoms with E-state index in [1.54, 1.807) is 22.5 Å². The molecule has 0 aromatic carbocycles. The van der Waals surface area contributed by atoms with Crippen molar-refractivity contribution in [2.24, 2.45) is 52.8 Å². The van der Waals surface area contributed by atoms with E-state index >= 15 is 0 Å². The maximum absolute atomic E-state index is 2.99. The van der Waals surface area contributed by atoms with Gasteiger partial charge in [0.15, 0.2) is 0 Å². The van der Waals surface area contributed by atoms with E-state index in [1.807, 2.05) is 0 Å². The van der Waals surface area contributed by atoms with Crippen LogP contribution in [0.4, 0.5) is 0 Å². The van der Waals surface area contributed by atoms with Crippen molar-refractivity contribution in [1.82, 2.24) is 9.80 Å². The summed E-state index contributed by atoms with van der Waals surface area (Å²) in [5.74, 6) is 4.48. The largest absolute Gasteiger partial charge is 0.365 e. The number of fused-ring (bicyclic) bond motifs is 10. The van der Waals surface area contributed by atoms with Gasteiger partial charge in [0.1, 0.15) is 0 Å². The van der Waals surface area contributed by atoms with Crippen LogP contribution in [0.1, 0.15) is 96.3 Å². The van der Waals surface area contributed by atoms with Gasteiger partial charge in [-0.2, -0.15) is 0 Å². The average Bonchev–Trinajstić information content (AvgIpc) is 3.73. The highest BCUT2D eigenvalue weighted by molar-refractivity contribution is 5.45. The molecule has 55 heavy (non-hydrogen) atoms. The predicted octanol–water partition coefficient (Wildman–Crippen LogP) is 12.6. The second kappa shape index (κ2) is 14.3. The van der Waals surface area contributed by atoms with E-state index < -0.39 is 0 Å². The number of rotatable bonds is 6. The van der Waals surface area contributed by atoms with Crippen molar-refractivity contribution >= 4 is 0 Å². The minimum Gasteiger partial charge on any atom is -0.365 e. The molecule has 11 rings (SSSR count). The van der Waals surface area contributed by atoms with Crippen LogP contribution >= 0.6 is 0 Å². The van der Waals surface area contributed by atoms with Crippen molar-refractivity contribution in [3.05, 3.63) is 156 Å². The first-order valence-electron chi connectivity index (χ1n) is 22.8. The van der Waals surface area contributed by atoms with E-state index in [2.05, 4.69) is 137 Å². The van der Waals surface area contributed by atoms with E-state index in [1.165, 1.54) is 89.2 Å². The molecule has 11 aliphatic carbocycles. The fraction of sp³-hybridized carbons (Fsp3) is 0.509. The first kappa shape index (κ1) is 34.5. The zero-order valence-electron chi connectivity index (χ0n) is 33.0. The Morgan fingerprint density at radius 2 is 1.40 bits per heavy atom. The molecule has 0 aromatic rings. The van der Waals surface area contributed by atoms with Gasteiger partial charge in [-0.15, -0.1) is 0 Å². The smallest absolute Gasteiger partial charge is 0.0588 e. The molecule has 2 fully saturated rings. The summed E-state index contributed by atoms with van der Waals surface area (Å²) in [6.07, 6.45) is 72.4. The topological polar surface area (TPSA) is 6.48 Å². The van der Waals surface area contributed by atoms with Gasteiger partial charge in [-0.05, 0) is 160 Å². The third-order valence-electron chi connectivity index (χ3n) is 16.5. The van der Waals surface area contributed by atoms with Gasteiger partial charge in [-0.3, -0.25) is 0 Å². The second-order valence-electron chi connectivity index (χ2n) is 18.8. The molecule has 12 unspecified atom stereocenters. The molecule has 0 bridgehead atoms. The molecular weight excluding hydrogens is 665 g/mol. The Bertz CT molecular complexity index is 1950. The third kappa shape index (κ3) is 5.46. The Hall–Kier alpha value is -3.78. The highest BCUT2D eigenvalue weighted by Gasteiger charge is 2.71. The lowest BCUT2D eigenvalue weighted by Crippen LogP contribution is -2.48. The summed E-state index contributed by atoms with van der Waals surface area (Å²) < 4.78 is 0. The Morgan fingerprint density at radius 1 is 0.582 bits per heavy atom. The molecule has 11 aliphatic rings. The monoisotopic (exact) mass is 726 g/mol. The van der Waals surface area contributed by atoms with Gasteiger partial charge in [0.05, 0.1) is 12.1 Å². The van der Waals surface area contributed by atoms with Crippen LogP contribution in [-0.2, 0) is 0 Å². The minimum atomic E-state index is 0.178. The molecule has 0 N–H and O–H groups in total. The van der Waals surface area contributed by atoms with Crippen LogP contribution in [-0.4, -0.2) is 27.9 Å². The molecule has 0 heterocycles. The molecule has 284 valence electrons. The normalized spacial score (nSPS) is 41.7. The van der Waals surface area contributed by atoms with E-state index in [4.69, 9.17) is 0 Å². The molecular formula is C53H62N2. The fourth-order valence-corrected chi connectivity index (χ4v) is 14.6. The van der Waals surface area contributed by atoms with Gasteiger partial charge >= 0.3 is 0 Å². The maximum atomic E-state index is 2.99. The Labute approximate surface area is 331 Å². The van der Waals surface area contributed by atoms with Crippen LogP contribution in [0.5, 0.6) is 0 Å². The highest BCUT2D eigenvalue weighted by Crippen LogP contribution is 2.75. The lowest BCUT2D eigenvalue weighted by atomic mass is 9.56. The van der Waals surface area contributed by atoms with Gasteiger partial charge in [-0.25, -0.2) is 0 Å². The summed E-state index contributed by atoms with van der Waals surface area (Å²) in [5.41, 5.74) is 8.43. The van der Waals surface area contributed by atoms with E-state index in [0.717, 1.165) is 12.8 Å². The van der Waals surface area contributed by atoms with Gasteiger partial charge in [-0.1, -0.05) is 122 Å². The fourth-order valence-electron chi connectivity index (χ4n) is 14.6. The van der Waals surface area contributed by atoms with Crippen LogP contribution in [0, 0.1) is 52.8 Å². The molecule has 2 saturated carbocycles. The van der Waals surface area contributed by atoms with Crippen LogP contribution in [0.25, 0.3) is 0 Å². The first-order chi connectivity index (χ1) is 27.3. The second-order valence-corrected chi connectivity index (χ2v) is 18.8. The summed E-state index contributed by atoms with van der Waals surface area (Å²) in [6.45, 7) is 0. The van der Waals surface area contributed by atoms with Crippen molar-refractivity contribution in [1.29, 1.82) is 0 Å². The van der Waals surface area contributed by atoms with Crippen LogP contribution in [0.2, 0.25) is 0 Å². The number of allylic oxidation sites excluding steroid dienone is 20. The molecule has 1 spiro atoms. The lowest BCUT2D eigenvalue weighted by molar-refractivity contribution is 0.0478. The molecule has 12 atom stereocenters. The molecule has 2 heteroatoms. The highest BCUT2D eigenvalue weighted by atomic mass is 15.2. The van der Waals surface area contributed by atoms with Gasteiger partial charge in [0.2, 0.25) is 0 Å². The van der Waals surface area contributed by atoms with E-state index in [-0.39, 0.29) is 5.41 Å². The van der Waals surface area contributed by atoms with Crippen molar-refractivity contribution in [2.75, 3.05) is 0 Å². The molecule has 2 nitrogen and oxygen atoms in total. The number of hydrogen-bond donors (Lipinski definition) is 0. The van der Waals surface area contributed by atoms with Crippen LogP contribution in [0.15, 0.2) is 156 Å². The van der Waals surface area contributed by atoms with Gasteiger partial charge in [0.25, 0.3) is 0 Å². The van der Waals surface area contributed by atoms with E-state index in [0.29, 0.717) is 65.5 Å². The van der Waals surface area contributed by atoms with Crippen molar-refractivity contribution in [3.63, 3.8) is 0 Å². The molecule has 0 saturated heterocycles. The van der Waals surface area contributed by atoms with Gasteiger partial charge in [0, 0.05) is 29.1 Å². The zero-order valence-corrected chi connectivity index (χ0v) is 33.0. The quantitative estimate of drug-likeness (QED) is 0.252. The third-order valence-corrected chi connectivity index (χ3v) is 16.5. The maximum Gasteiger partial charge on any atom is 0.0588 e. The van der Waals surface area contributed by atoms with E-state index in [9.17, 15) is 0 Å². The van der Waals surface area contributed by atoms with Crippen molar-refractivity contribution in [2.45, 2.75) is 114 Å².